The molecule has 0 saturated heterocycles. The van der Waals surface area contributed by atoms with Gasteiger partial charge in [-0.1, -0.05) is 33.6 Å². The first kappa shape index (κ1) is 16.0. The zero-order valence-corrected chi connectivity index (χ0v) is 12.9. The van der Waals surface area contributed by atoms with Crippen LogP contribution in [-0.4, -0.2) is 25.5 Å². The molecule has 0 aromatic carbocycles. The SMILES string of the molecule is CCCCCS(=O)(=O)C1CC(C(C)C)CCC1N. The third-order valence-corrected chi connectivity index (χ3v) is 6.64. The molecule has 0 aromatic rings. The quantitative estimate of drug-likeness (QED) is 0.758. The average molecular weight is 275 g/mol. The minimum Gasteiger partial charge on any atom is -0.327 e. The molecule has 0 bridgehead atoms. The van der Waals surface area contributed by atoms with Crippen molar-refractivity contribution in [1.29, 1.82) is 0 Å². The summed E-state index contributed by atoms with van der Waals surface area (Å²) < 4.78 is 24.7. The second kappa shape index (κ2) is 6.90. The second-order valence-corrected chi connectivity index (χ2v) is 8.43. The van der Waals surface area contributed by atoms with Crippen LogP contribution in [0.2, 0.25) is 0 Å². The van der Waals surface area contributed by atoms with E-state index in [4.69, 9.17) is 5.73 Å². The molecule has 1 rings (SSSR count). The van der Waals surface area contributed by atoms with Gasteiger partial charge in [0.1, 0.15) is 0 Å². The Morgan fingerprint density at radius 1 is 1.22 bits per heavy atom. The van der Waals surface area contributed by atoms with Gasteiger partial charge in [-0.3, -0.25) is 0 Å². The predicted octanol–water partition coefficient (Wildman–Crippen LogP) is 2.74. The van der Waals surface area contributed by atoms with Gasteiger partial charge in [0.05, 0.1) is 11.0 Å². The van der Waals surface area contributed by atoms with Crippen LogP contribution in [0.5, 0.6) is 0 Å². The van der Waals surface area contributed by atoms with Crippen molar-refractivity contribution in [2.45, 2.75) is 70.6 Å². The van der Waals surface area contributed by atoms with E-state index < -0.39 is 9.84 Å². The molecule has 0 heterocycles. The lowest BCUT2D eigenvalue weighted by molar-refractivity contribution is 0.261. The number of hydrogen-bond donors (Lipinski definition) is 1. The van der Waals surface area contributed by atoms with Crippen molar-refractivity contribution in [2.75, 3.05) is 5.75 Å². The van der Waals surface area contributed by atoms with E-state index >= 15 is 0 Å². The first-order valence-corrected chi connectivity index (χ1v) is 9.07. The molecule has 1 aliphatic rings. The molecule has 0 aliphatic heterocycles. The highest BCUT2D eigenvalue weighted by atomic mass is 32.2. The zero-order valence-electron chi connectivity index (χ0n) is 12.1. The molecule has 3 nitrogen and oxygen atoms in total. The number of sulfone groups is 1. The zero-order chi connectivity index (χ0) is 13.8. The van der Waals surface area contributed by atoms with Gasteiger partial charge >= 0.3 is 0 Å². The summed E-state index contributed by atoms with van der Waals surface area (Å²) in [4.78, 5) is 0. The molecule has 3 atom stereocenters. The monoisotopic (exact) mass is 275 g/mol. The van der Waals surface area contributed by atoms with Gasteiger partial charge in [-0.05, 0) is 37.5 Å². The van der Waals surface area contributed by atoms with Crippen molar-refractivity contribution >= 4 is 9.84 Å². The summed E-state index contributed by atoms with van der Waals surface area (Å²) in [6.45, 7) is 6.46. The summed E-state index contributed by atoms with van der Waals surface area (Å²) in [5, 5.41) is -0.296. The van der Waals surface area contributed by atoms with Gasteiger partial charge in [0.15, 0.2) is 9.84 Å². The third-order valence-electron chi connectivity index (χ3n) is 4.32. The minimum atomic E-state index is -3.00. The molecule has 2 N–H and O–H groups in total. The van der Waals surface area contributed by atoms with Crippen LogP contribution in [0.3, 0.4) is 0 Å². The lowest BCUT2D eigenvalue weighted by Gasteiger charge is -2.35. The predicted molar refractivity (Wildman–Crippen MR) is 77.3 cm³/mol. The van der Waals surface area contributed by atoms with Crippen LogP contribution in [0.15, 0.2) is 0 Å². The highest BCUT2D eigenvalue weighted by Gasteiger charge is 2.37. The molecular weight excluding hydrogens is 246 g/mol. The van der Waals surface area contributed by atoms with Crippen LogP contribution in [0, 0.1) is 11.8 Å². The second-order valence-electron chi connectivity index (χ2n) is 6.09. The van der Waals surface area contributed by atoms with Gasteiger partial charge in [-0.15, -0.1) is 0 Å². The van der Waals surface area contributed by atoms with Crippen molar-refractivity contribution in [3.8, 4) is 0 Å². The van der Waals surface area contributed by atoms with Crippen LogP contribution in [0.1, 0.15) is 59.3 Å². The van der Waals surface area contributed by atoms with E-state index in [1.165, 1.54) is 0 Å². The average Bonchev–Trinajstić information content (AvgIpc) is 2.29. The number of nitrogens with two attached hydrogens (primary N) is 1. The molecule has 1 aliphatic carbocycles. The summed E-state index contributed by atoms with van der Waals surface area (Å²) >= 11 is 0. The van der Waals surface area contributed by atoms with Gasteiger partial charge in [-0.25, -0.2) is 8.42 Å². The van der Waals surface area contributed by atoms with E-state index in [-0.39, 0.29) is 11.3 Å². The van der Waals surface area contributed by atoms with Gasteiger partial charge in [-0.2, -0.15) is 0 Å². The van der Waals surface area contributed by atoms with Gasteiger partial charge < -0.3 is 5.73 Å². The van der Waals surface area contributed by atoms with E-state index in [0.29, 0.717) is 17.6 Å². The summed E-state index contributed by atoms with van der Waals surface area (Å²) in [6, 6.07) is -0.147. The molecule has 1 fully saturated rings. The van der Waals surface area contributed by atoms with E-state index in [1.54, 1.807) is 0 Å². The maximum absolute atomic E-state index is 12.4. The topological polar surface area (TPSA) is 60.2 Å². The molecule has 0 amide bonds. The van der Waals surface area contributed by atoms with Crippen molar-refractivity contribution in [1.82, 2.24) is 0 Å². The van der Waals surface area contributed by atoms with E-state index in [2.05, 4.69) is 20.8 Å². The summed E-state index contributed by atoms with van der Waals surface area (Å²) in [5.41, 5.74) is 6.05. The molecule has 18 heavy (non-hydrogen) atoms. The molecule has 0 radical (unpaired) electrons. The Balaban J connectivity index is 2.66. The highest BCUT2D eigenvalue weighted by Crippen LogP contribution is 2.33. The normalized spacial score (nSPS) is 29.7. The molecule has 0 spiro atoms. The first-order chi connectivity index (χ1) is 8.38. The maximum Gasteiger partial charge on any atom is 0.154 e. The van der Waals surface area contributed by atoms with Crippen LogP contribution >= 0.6 is 0 Å². The Labute approximate surface area is 112 Å². The molecule has 3 unspecified atom stereocenters. The standard InChI is InChI=1S/C14H29NO2S/c1-4-5-6-9-18(16,17)14-10-12(11(2)3)7-8-13(14)15/h11-14H,4-10,15H2,1-3H3. The minimum absolute atomic E-state index is 0.147. The number of rotatable bonds is 6. The Hall–Kier alpha value is -0.0900. The lowest BCUT2D eigenvalue weighted by Crippen LogP contribution is -2.46. The molecular formula is C14H29NO2S. The largest absolute Gasteiger partial charge is 0.327 e. The fourth-order valence-electron chi connectivity index (χ4n) is 2.91. The maximum atomic E-state index is 12.4. The van der Waals surface area contributed by atoms with Crippen molar-refractivity contribution in [3.05, 3.63) is 0 Å². The van der Waals surface area contributed by atoms with E-state index in [1.807, 2.05) is 0 Å². The Morgan fingerprint density at radius 3 is 2.44 bits per heavy atom. The van der Waals surface area contributed by atoms with Crippen LogP contribution < -0.4 is 5.73 Å². The fourth-order valence-corrected chi connectivity index (χ4v) is 5.02. The van der Waals surface area contributed by atoms with Crippen LogP contribution in [-0.2, 0) is 9.84 Å². The number of hydrogen-bond acceptors (Lipinski definition) is 3. The summed E-state index contributed by atoms with van der Waals surface area (Å²) in [5.74, 6) is 1.41. The Bertz CT molecular complexity index is 338. The van der Waals surface area contributed by atoms with Crippen LogP contribution in [0.25, 0.3) is 0 Å². The molecule has 4 heteroatoms. The molecule has 108 valence electrons. The number of unbranched alkanes of at least 4 members (excludes halogenated alkanes) is 2. The Kier molecular flexibility index (Phi) is 6.12. The summed E-state index contributed by atoms with van der Waals surface area (Å²) in [6.07, 6.45) is 5.55. The van der Waals surface area contributed by atoms with Crippen molar-refractivity contribution in [2.24, 2.45) is 17.6 Å². The summed E-state index contributed by atoms with van der Waals surface area (Å²) in [7, 11) is -3.00. The highest BCUT2D eigenvalue weighted by molar-refractivity contribution is 7.92. The molecule has 1 saturated carbocycles. The lowest BCUT2D eigenvalue weighted by atomic mass is 9.79. The Morgan fingerprint density at radius 2 is 1.89 bits per heavy atom. The molecule has 0 aromatic heterocycles. The van der Waals surface area contributed by atoms with Gasteiger partial charge in [0.25, 0.3) is 0 Å². The van der Waals surface area contributed by atoms with E-state index in [0.717, 1.165) is 38.5 Å². The first-order valence-electron chi connectivity index (χ1n) is 7.35. The smallest absolute Gasteiger partial charge is 0.154 e. The van der Waals surface area contributed by atoms with Gasteiger partial charge in [0, 0.05) is 6.04 Å². The fraction of sp³-hybridized carbons (Fsp3) is 1.00. The van der Waals surface area contributed by atoms with E-state index in [9.17, 15) is 8.42 Å². The van der Waals surface area contributed by atoms with Crippen molar-refractivity contribution in [3.63, 3.8) is 0 Å². The third kappa shape index (κ3) is 4.23. The van der Waals surface area contributed by atoms with Gasteiger partial charge in [0.2, 0.25) is 0 Å². The van der Waals surface area contributed by atoms with Crippen LogP contribution in [0.4, 0.5) is 0 Å². The van der Waals surface area contributed by atoms with Crippen molar-refractivity contribution < 1.29 is 8.42 Å².